The minimum absolute atomic E-state index is 0.0178. The van der Waals surface area contributed by atoms with E-state index in [2.05, 4.69) is 21.3 Å². The van der Waals surface area contributed by atoms with Crippen molar-refractivity contribution < 1.29 is 28.6 Å². The minimum atomic E-state index is -0.789. The average Bonchev–Trinajstić information content (AvgIpc) is 3.34. The molecule has 3 saturated carbocycles. The van der Waals surface area contributed by atoms with E-state index in [-0.39, 0.29) is 42.0 Å². The van der Waals surface area contributed by atoms with Crippen molar-refractivity contribution in [2.24, 2.45) is 5.92 Å². The molecular weight excluding hydrogens is 511 g/mol. The third kappa shape index (κ3) is 5.46. The first kappa shape index (κ1) is 26.0. The van der Waals surface area contributed by atoms with E-state index in [0.29, 0.717) is 50.1 Å². The van der Waals surface area contributed by atoms with Crippen molar-refractivity contribution in [3.63, 3.8) is 0 Å². The van der Waals surface area contributed by atoms with Crippen LogP contribution in [-0.4, -0.2) is 71.3 Å². The molecule has 0 radical (unpaired) electrons. The summed E-state index contributed by atoms with van der Waals surface area (Å²) in [7, 11) is 0. The second-order valence-corrected chi connectivity index (χ2v) is 11.8. The van der Waals surface area contributed by atoms with Gasteiger partial charge >= 0.3 is 0 Å². The Kier molecular flexibility index (Phi) is 7.67. The SMILES string of the molecule is O=C(COc1ccc(Cl)c(F)c1)NC12CCC(NC(=O)COC3NCNC4SCCC34)(CC1)[C@@H](O)C2. The quantitative estimate of drug-likeness (QED) is 0.335. The third-order valence-corrected chi connectivity index (χ3v) is 9.56. The van der Waals surface area contributed by atoms with Gasteiger partial charge in [-0.2, -0.15) is 0 Å². The number of thioether (sulfide) groups is 1. The number of hydrogen-bond donors (Lipinski definition) is 5. The molecule has 2 aliphatic heterocycles. The normalized spacial score (nSPS) is 35.2. The Morgan fingerprint density at radius 3 is 2.69 bits per heavy atom. The number of aliphatic hydroxyl groups is 1. The van der Waals surface area contributed by atoms with Crippen molar-refractivity contribution in [2.45, 2.75) is 67.3 Å². The van der Waals surface area contributed by atoms with E-state index in [1.54, 1.807) is 0 Å². The van der Waals surface area contributed by atoms with Crippen molar-refractivity contribution in [1.82, 2.24) is 21.3 Å². The Labute approximate surface area is 218 Å². The number of halogens is 2. The number of nitrogens with one attached hydrogen (secondary N) is 4. The molecule has 0 aromatic heterocycles. The minimum Gasteiger partial charge on any atom is -0.484 e. The molecule has 198 valence electrons. The van der Waals surface area contributed by atoms with Gasteiger partial charge < -0.3 is 25.2 Å². The second-order valence-electron chi connectivity index (χ2n) is 10.2. The molecule has 12 heteroatoms. The zero-order chi connectivity index (χ0) is 25.3. The highest BCUT2D eigenvalue weighted by Crippen LogP contribution is 2.47. The molecular formula is C24H32ClFN4O5S. The number of ether oxygens (including phenoxy) is 2. The van der Waals surface area contributed by atoms with Crippen LogP contribution in [0.3, 0.4) is 0 Å². The Morgan fingerprint density at radius 2 is 1.94 bits per heavy atom. The van der Waals surface area contributed by atoms with Crippen molar-refractivity contribution in [1.29, 1.82) is 0 Å². The van der Waals surface area contributed by atoms with Gasteiger partial charge in [0.15, 0.2) is 6.61 Å². The Balaban J connectivity index is 1.09. The smallest absolute Gasteiger partial charge is 0.258 e. The van der Waals surface area contributed by atoms with Crippen LogP contribution in [0.2, 0.25) is 5.02 Å². The maximum Gasteiger partial charge on any atom is 0.258 e. The van der Waals surface area contributed by atoms with Crippen LogP contribution in [0.1, 0.15) is 38.5 Å². The summed E-state index contributed by atoms with van der Waals surface area (Å²) in [5.74, 6) is 0.420. The fourth-order valence-electron chi connectivity index (χ4n) is 5.91. The predicted molar refractivity (Wildman–Crippen MR) is 133 cm³/mol. The van der Waals surface area contributed by atoms with Crippen LogP contribution in [0, 0.1) is 11.7 Å². The van der Waals surface area contributed by atoms with Crippen LogP contribution < -0.4 is 26.0 Å². The molecule has 9 nitrogen and oxygen atoms in total. The van der Waals surface area contributed by atoms with E-state index in [1.807, 2.05) is 11.8 Å². The van der Waals surface area contributed by atoms with Gasteiger partial charge in [-0.25, -0.2) is 4.39 Å². The first-order chi connectivity index (χ1) is 17.3. The standard InChI is InChI=1S/C24H32ClFN4O5S/c25-16-2-1-14(9-17(16)26)34-11-19(32)29-23-4-6-24(7-5-23,18(31)10-23)30-20(33)12-35-21-15-3-8-36-22(15)28-13-27-21/h1-2,9,15,18,21-22,27-28,31H,3-8,10-13H2,(H,29,32)(H,30,33)/t15?,18-,21?,22?,23?,24?/m0/s1. The molecule has 2 saturated heterocycles. The Bertz CT molecular complexity index is 995. The zero-order valence-corrected chi connectivity index (χ0v) is 21.4. The van der Waals surface area contributed by atoms with Crippen LogP contribution in [0.25, 0.3) is 0 Å². The molecule has 4 atom stereocenters. The number of aliphatic hydroxyl groups excluding tert-OH is 1. The number of fused-ring (bicyclic) bond motifs is 4. The number of benzene rings is 1. The van der Waals surface area contributed by atoms with E-state index >= 15 is 0 Å². The molecule has 1 aromatic carbocycles. The summed E-state index contributed by atoms with van der Waals surface area (Å²) in [5.41, 5.74) is -1.26. The van der Waals surface area contributed by atoms with Gasteiger partial charge in [0, 0.05) is 24.2 Å². The van der Waals surface area contributed by atoms with Gasteiger partial charge in [0.05, 0.1) is 22.0 Å². The largest absolute Gasteiger partial charge is 0.484 e. The van der Waals surface area contributed by atoms with Gasteiger partial charge in [0.1, 0.15) is 24.4 Å². The van der Waals surface area contributed by atoms with Gasteiger partial charge in [0.2, 0.25) is 5.91 Å². The number of carbonyl (C=O) groups excluding carboxylic acids is 2. The summed E-state index contributed by atoms with van der Waals surface area (Å²) in [6.45, 7) is 0.312. The molecule has 5 fully saturated rings. The molecule has 2 amide bonds. The average molecular weight is 543 g/mol. The lowest BCUT2D eigenvalue weighted by Gasteiger charge is -2.56. The van der Waals surface area contributed by atoms with Crippen molar-refractivity contribution in [3.8, 4) is 5.75 Å². The Morgan fingerprint density at radius 1 is 1.17 bits per heavy atom. The molecule has 1 aromatic rings. The van der Waals surface area contributed by atoms with E-state index in [4.69, 9.17) is 21.1 Å². The fourth-order valence-corrected chi connectivity index (χ4v) is 7.42. The second kappa shape index (κ2) is 10.6. The number of amides is 2. The maximum absolute atomic E-state index is 13.6. The van der Waals surface area contributed by atoms with Gasteiger partial charge in [0.25, 0.3) is 5.91 Å². The molecule has 3 unspecified atom stereocenters. The number of carbonyl (C=O) groups is 2. The summed E-state index contributed by atoms with van der Waals surface area (Å²) in [5, 5.41) is 24.1. The van der Waals surface area contributed by atoms with Gasteiger partial charge in [-0.15, -0.1) is 11.8 Å². The highest BCUT2D eigenvalue weighted by Gasteiger charge is 2.55. The zero-order valence-electron chi connectivity index (χ0n) is 19.9. The molecule has 6 rings (SSSR count). The molecule has 0 spiro atoms. The van der Waals surface area contributed by atoms with Crippen LogP contribution >= 0.6 is 23.4 Å². The van der Waals surface area contributed by atoms with E-state index < -0.39 is 23.0 Å². The molecule has 3 aliphatic carbocycles. The molecule has 5 N–H and O–H groups in total. The van der Waals surface area contributed by atoms with Gasteiger partial charge in [-0.3, -0.25) is 20.2 Å². The molecule has 2 heterocycles. The Hall–Kier alpha value is -1.63. The van der Waals surface area contributed by atoms with Crippen LogP contribution in [-0.2, 0) is 14.3 Å². The number of rotatable bonds is 8. The van der Waals surface area contributed by atoms with Crippen molar-refractivity contribution >= 4 is 35.2 Å². The summed E-state index contributed by atoms with van der Waals surface area (Å²) >= 11 is 7.56. The molecule has 2 bridgehead atoms. The van der Waals surface area contributed by atoms with Crippen LogP contribution in [0.5, 0.6) is 5.75 Å². The molecule has 36 heavy (non-hydrogen) atoms. The highest BCUT2D eigenvalue weighted by molar-refractivity contribution is 8.00. The topological polar surface area (TPSA) is 121 Å². The summed E-state index contributed by atoms with van der Waals surface area (Å²) < 4.78 is 24.9. The number of hydrogen-bond acceptors (Lipinski definition) is 8. The van der Waals surface area contributed by atoms with Crippen molar-refractivity contribution in [3.05, 3.63) is 29.0 Å². The summed E-state index contributed by atoms with van der Waals surface area (Å²) in [6, 6.07) is 3.99. The lowest BCUT2D eigenvalue weighted by Crippen LogP contribution is -2.70. The predicted octanol–water partition coefficient (Wildman–Crippen LogP) is 1.48. The van der Waals surface area contributed by atoms with Gasteiger partial charge in [-0.1, -0.05) is 11.6 Å². The summed E-state index contributed by atoms with van der Waals surface area (Å²) in [6.07, 6.45) is 2.79. The van der Waals surface area contributed by atoms with Crippen LogP contribution in [0.15, 0.2) is 18.2 Å². The maximum atomic E-state index is 13.6. The van der Waals surface area contributed by atoms with Crippen molar-refractivity contribution in [2.75, 3.05) is 25.6 Å². The first-order valence-electron chi connectivity index (χ1n) is 12.4. The van der Waals surface area contributed by atoms with E-state index in [1.165, 1.54) is 12.1 Å². The van der Waals surface area contributed by atoms with Crippen LogP contribution in [0.4, 0.5) is 4.39 Å². The first-order valence-corrected chi connectivity index (χ1v) is 13.8. The van der Waals surface area contributed by atoms with E-state index in [9.17, 15) is 19.1 Å². The van der Waals surface area contributed by atoms with E-state index in [0.717, 1.165) is 18.2 Å². The monoisotopic (exact) mass is 542 g/mol. The lowest BCUT2D eigenvalue weighted by molar-refractivity contribution is -0.142. The molecule has 5 aliphatic rings. The fraction of sp³-hybridized carbons (Fsp3) is 0.667. The summed E-state index contributed by atoms with van der Waals surface area (Å²) in [4.78, 5) is 25.3. The highest BCUT2D eigenvalue weighted by atomic mass is 35.5. The third-order valence-electron chi connectivity index (χ3n) is 7.90. The lowest BCUT2D eigenvalue weighted by atomic mass is 9.60. The van der Waals surface area contributed by atoms with Gasteiger partial charge in [-0.05, 0) is 56.4 Å².